The summed E-state index contributed by atoms with van der Waals surface area (Å²) in [6.45, 7) is 1.92. The Morgan fingerprint density at radius 1 is 1.55 bits per heavy atom. The summed E-state index contributed by atoms with van der Waals surface area (Å²) in [6.07, 6.45) is 2.82. The van der Waals surface area contributed by atoms with Gasteiger partial charge in [-0.25, -0.2) is 17.9 Å². The second-order valence-corrected chi connectivity index (χ2v) is 6.96. The van der Waals surface area contributed by atoms with Crippen LogP contribution in [0.3, 0.4) is 0 Å². The Kier molecular flexibility index (Phi) is 4.92. The van der Waals surface area contributed by atoms with E-state index in [0.717, 1.165) is 36.4 Å². The largest absolute Gasteiger partial charge is 0.465 e. The topological polar surface area (TPSA) is 84.5 Å². The predicted octanol–water partition coefficient (Wildman–Crippen LogP) is 0.733. The molecule has 2 N–H and O–H groups in total. The van der Waals surface area contributed by atoms with E-state index in [9.17, 15) is 13.2 Å². The lowest BCUT2D eigenvalue weighted by molar-refractivity contribution is 0.0606. The first-order valence-corrected chi connectivity index (χ1v) is 8.44. The van der Waals surface area contributed by atoms with Crippen molar-refractivity contribution in [3.05, 3.63) is 28.0 Å². The van der Waals surface area contributed by atoms with Crippen LogP contribution in [-0.4, -0.2) is 41.1 Å². The van der Waals surface area contributed by atoms with Crippen LogP contribution in [0.25, 0.3) is 0 Å². The summed E-state index contributed by atoms with van der Waals surface area (Å²) in [7, 11) is -2.33. The molecule has 0 fully saturated rings. The summed E-state index contributed by atoms with van der Waals surface area (Å²) in [5.41, 5.74) is 1.07. The second-order valence-electron chi connectivity index (χ2n) is 4.28. The smallest absolute Gasteiger partial charge is 0.348 e. The van der Waals surface area contributed by atoms with Gasteiger partial charge >= 0.3 is 5.97 Å². The summed E-state index contributed by atoms with van der Waals surface area (Å²) >= 11 is 1.05. The molecule has 0 atom stereocenters. The Hall–Kier alpha value is -1.22. The third-order valence-electron chi connectivity index (χ3n) is 2.92. The number of carbonyl (C=O) groups excluding carboxylic acids is 1. The number of thiophene rings is 1. The van der Waals surface area contributed by atoms with Crippen molar-refractivity contribution < 1.29 is 17.9 Å². The first-order valence-electron chi connectivity index (χ1n) is 6.08. The standard InChI is InChI=1S/C12H16N2O4S2/c1-18-12(15)11-6-10(8-19-11)20(16,17)14-7-9-2-4-13-5-3-9/h2,6,8,13-14H,3-5,7H2,1H3. The molecule has 1 aliphatic heterocycles. The van der Waals surface area contributed by atoms with Gasteiger partial charge in [-0.2, -0.15) is 0 Å². The molecule has 6 nitrogen and oxygen atoms in total. The molecule has 0 unspecified atom stereocenters. The highest BCUT2D eigenvalue weighted by atomic mass is 32.2. The zero-order valence-corrected chi connectivity index (χ0v) is 12.6. The van der Waals surface area contributed by atoms with Gasteiger partial charge < -0.3 is 10.1 Å². The van der Waals surface area contributed by atoms with Crippen molar-refractivity contribution in [2.75, 3.05) is 26.7 Å². The van der Waals surface area contributed by atoms with Gasteiger partial charge in [0.2, 0.25) is 10.0 Å². The minimum absolute atomic E-state index is 0.0948. The summed E-state index contributed by atoms with van der Waals surface area (Å²) in [4.78, 5) is 11.7. The molecule has 1 aromatic heterocycles. The fourth-order valence-corrected chi connectivity index (χ4v) is 3.99. The van der Waals surface area contributed by atoms with Crippen LogP contribution in [-0.2, 0) is 14.8 Å². The predicted molar refractivity (Wildman–Crippen MR) is 76.4 cm³/mol. The van der Waals surface area contributed by atoms with Crippen molar-refractivity contribution in [1.82, 2.24) is 10.0 Å². The van der Waals surface area contributed by atoms with Crippen molar-refractivity contribution >= 4 is 27.3 Å². The highest BCUT2D eigenvalue weighted by molar-refractivity contribution is 7.89. The van der Waals surface area contributed by atoms with E-state index < -0.39 is 16.0 Å². The van der Waals surface area contributed by atoms with Gasteiger partial charge in [0, 0.05) is 18.5 Å². The van der Waals surface area contributed by atoms with E-state index in [-0.39, 0.29) is 9.77 Å². The Morgan fingerprint density at radius 2 is 2.35 bits per heavy atom. The van der Waals surface area contributed by atoms with Crippen molar-refractivity contribution in [3.8, 4) is 0 Å². The third-order valence-corrected chi connectivity index (χ3v) is 5.36. The van der Waals surface area contributed by atoms with Crippen LogP contribution in [0.1, 0.15) is 16.1 Å². The molecule has 1 aromatic rings. The van der Waals surface area contributed by atoms with Crippen LogP contribution in [0, 0.1) is 0 Å². The maximum absolute atomic E-state index is 12.1. The summed E-state index contributed by atoms with van der Waals surface area (Å²) in [5, 5.41) is 4.60. The lowest BCUT2D eigenvalue weighted by Crippen LogP contribution is -2.29. The van der Waals surface area contributed by atoms with E-state index in [4.69, 9.17) is 0 Å². The van der Waals surface area contributed by atoms with Crippen LogP contribution < -0.4 is 10.0 Å². The van der Waals surface area contributed by atoms with Gasteiger partial charge in [0.05, 0.1) is 12.0 Å². The van der Waals surface area contributed by atoms with Crippen LogP contribution in [0.5, 0.6) is 0 Å². The van der Waals surface area contributed by atoms with Gasteiger partial charge in [-0.05, 0) is 19.0 Å². The molecule has 0 spiro atoms. The Labute approximate surface area is 121 Å². The van der Waals surface area contributed by atoms with Crippen LogP contribution in [0.4, 0.5) is 0 Å². The molecule has 0 aliphatic carbocycles. The normalized spacial score (nSPS) is 15.8. The van der Waals surface area contributed by atoms with E-state index in [0.29, 0.717) is 6.54 Å². The van der Waals surface area contributed by atoms with Gasteiger partial charge in [-0.1, -0.05) is 11.6 Å². The maximum Gasteiger partial charge on any atom is 0.348 e. The molecule has 0 saturated carbocycles. The van der Waals surface area contributed by atoms with Gasteiger partial charge in [0.1, 0.15) is 4.88 Å². The molecule has 20 heavy (non-hydrogen) atoms. The van der Waals surface area contributed by atoms with E-state index in [1.54, 1.807) is 0 Å². The Morgan fingerprint density at radius 3 is 3.00 bits per heavy atom. The zero-order chi connectivity index (χ0) is 14.6. The second kappa shape index (κ2) is 6.49. The monoisotopic (exact) mass is 316 g/mol. The number of hydrogen-bond acceptors (Lipinski definition) is 6. The number of carbonyl (C=O) groups is 1. The van der Waals surface area contributed by atoms with Crippen molar-refractivity contribution in [2.45, 2.75) is 11.3 Å². The number of sulfonamides is 1. The quantitative estimate of drug-likeness (QED) is 0.618. The van der Waals surface area contributed by atoms with E-state index in [1.165, 1.54) is 18.6 Å². The minimum Gasteiger partial charge on any atom is -0.465 e. The Bertz CT molecular complexity index is 619. The molecular weight excluding hydrogens is 300 g/mol. The van der Waals surface area contributed by atoms with Crippen molar-refractivity contribution in [3.63, 3.8) is 0 Å². The fourth-order valence-electron chi connectivity index (χ4n) is 1.77. The molecule has 1 aliphatic rings. The number of ether oxygens (including phenoxy) is 1. The highest BCUT2D eigenvalue weighted by Gasteiger charge is 2.19. The summed E-state index contributed by atoms with van der Waals surface area (Å²) < 4.78 is 31.3. The highest BCUT2D eigenvalue weighted by Crippen LogP contribution is 2.20. The van der Waals surface area contributed by atoms with E-state index in [2.05, 4.69) is 14.8 Å². The molecular formula is C12H16N2O4S2. The van der Waals surface area contributed by atoms with Crippen LogP contribution in [0.15, 0.2) is 28.0 Å². The average Bonchev–Trinajstić information content (AvgIpc) is 2.96. The van der Waals surface area contributed by atoms with Crippen molar-refractivity contribution in [2.24, 2.45) is 0 Å². The lowest BCUT2D eigenvalue weighted by Gasteiger charge is -2.14. The molecule has 0 radical (unpaired) electrons. The van der Waals surface area contributed by atoms with Gasteiger partial charge in [-0.15, -0.1) is 11.3 Å². The van der Waals surface area contributed by atoms with Gasteiger partial charge in [0.15, 0.2) is 0 Å². The molecule has 110 valence electrons. The van der Waals surface area contributed by atoms with Crippen molar-refractivity contribution in [1.29, 1.82) is 0 Å². The number of nitrogens with one attached hydrogen (secondary N) is 2. The zero-order valence-electron chi connectivity index (χ0n) is 11.0. The van der Waals surface area contributed by atoms with Crippen LogP contribution >= 0.6 is 11.3 Å². The molecule has 2 rings (SSSR count). The van der Waals surface area contributed by atoms with Gasteiger partial charge in [-0.3, -0.25) is 0 Å². The fraction of sp³-hybridized carbons (Fsp3) is 0.417. The molecule has 0 saturated heterocycles. The average molecular weight is 316 g/mol. The molecule has 0 bridgehead atoms. The number of hydrogen-bond donors (Lipinski definition) is 2. The maximum atomic E-state index is 12.1. The van der Waals surface area contributed by atoms with Gasteiger partial charge in [0.25, 0.3) is 0 Å². The molecule has 0 amide bonds. The van der Waals surface area contributed by atoms with E-state index in [1.807, 2.05) is 6.08 Å². The lowest BCUT2D eigenvalue weighted by atomic mass is 10.1. The first-order chi connectivity index (χ1) is 9.53. The number of methoxy groups -OCH3 is 1. The molecule has 0 aromatic carbocycles. The SMILES string of the molecule is COC(=O)c1cc(S(=O)(=O)NCC2=CCNCC2)cs1. The number of esters is 1. The summed E-state index contributed by atoms with van der Waals surface area (Å²) in [6, 6.07) is 1.33. The van der Waals surface area contributed by atoms with E-state index >= 15 is 0 Å². The Balaban J connectivity index is 2.04. The minimum atomic E-state index is -3.59. The van der Waals surface area contributed by atoms with Crippen LogP contribution in [0.2, 0.25) is 0 Å². The first kappa shape index (κ1) is 15.2. The summed E-state index contributed by atoms with van der Waals surface area (Å²) in [5.74, 6) is -0.530. The molecule has 2 heterocycles. The molecule has 8 heteroatoms. The third kappa shape index (κ3) is 3.66. The number of rotatable bonds is 5.